The summed E-state index contributed by atoms with van der Waals surface area (Å²) in [7, 11) is 0. The largest absolute Gasteiger partial charge is 0.330 e. The number of aryl methyl sites for hydroxylation is 2. The summed E-state index contributed by atoms with van der Waals surface area (Å²) in [6.45, 7) is 4.90. The molecule has 1 nitrogen and oxygen atoms in total. The van der Waals surface area contributed by atoms with Crippen molar-refractivity contribution < 1.29 is 0 Å². The van der Waals surface area contributed by atoms with Crippen LogP contribution >= 0.6 is 23.4 Å². The van der Waals surface area contributed by atoms with Gasteiger partial charge in [-0.15, -0.1) is 0 Å². The fourth-order valence-corrected chi connectivity index (χ4v) is 3.27. The summed E-state index contributed by atoms with van der Waals surface area (Å²) >= 11 is 7.85. The molecule has 0 fully saturated rings. The zero-order valence-electron chi connectivity index (χ0n) is 11.2. The minimum absolute atomic E-state index is 0.640. The number of hydrogen-bond acceptors (Lipinski definition) is 2. The molecule has 0 saturated heterocycles. The quantitative estimate of drug-likeness (QED) is 0.890. The molecule has 0 atom stereocenters. The first-order valence-corrected chi connectivity index (χ1v) is 7.53. The fraction of sp³-hybridized carbons (Fsp3) is 0.250. The van der Waals surface area contributed by atoms with Crippen molar-refractivity contribution in [3.8, 4) is 0 Å². The third kappa shape index (κ3) is 3.75. The van der Waals surface area contributed by atoms with Crippen LogP contribution < -0.4 is 5.73 Å². The lowest BCUT2D eigenvalue weighted by molar-refractivity contribution is 0.944. The van der Waals surface area contributed by atoms with E-state index in [-0.39, 0.29) is 0 Å². The molecule has 0 unspecified atom stereocenters. The van der Waals surface area contributed by atoms with Crippen LogP contribution in [0.2, 0.25) is 5.02 Å². The van der Waals surface area contributed by atoms with Crippen molar-refractivity contribution in [1.29, 1.82) is 0 Å². The van der Waals surface area contributed by atoms with Crippen molar-refractivity contribution in [3.05, 3.63) is 58.1 Å². The van der Waals surface area contributed by atoms with Crippen LogP contribution in [0, 0.1) is 13.8 Å². The van der Waals surface area contributed by atoms with Gasteiger partial charge in [-0.05, 0) is 67.8 Å². The van der Waals surface area contributed by atoms with Gasteiger partial charge in [-0.2, -0.15) is 0 Å². The molecule has 0 bridgehead atoms. The average Bonchev–Trinajstić information content (AvgIpc) is 2.37. The van der Waals surface area contributed by atoms with Gasteiger partial charge in [-0.1, -0.05) is 35.5 Å². The monoisotopic (exact) mass is 291 g/mol. The number of rotatable bonds is 4. The van der Waals surface area contributed by atoms with Gasteiger partial charge in [-0.25, -0.2) is 0 Å². The van der Waals surface area contributed by atoms with Gasteiger partial charge in [0.2, 0.25) is 0 Å². The lowest BCUT2D eigenvalue weighted by Crippen LogP contribution is -2.03. The normalized spacial score (nSPS) is 10.7. The molecular weight excluding hydrogens is 274 g/mol. The Balaban J connectivity index is 2.34. The number of hydrogen-bond donors (Lipinski definition) is 1. The Hall–Kier alpha value is -0.960. The van der Waals surface area contributed by atoms with Crippen molar-refractivity contribution in [2.24, 2.45) is 5.73 Å². The van der Waals surface area contributed by atoms with Gasteiger partial charge in [0.15, 0.2) is 0 Å². The summed E-state index contributed by atoms with van der Waals surface area (Å²) in [5.74, 6) is 0. The third-order valence-corrected chi connectivity index (χ3v) is 4.51. The molecule has 0 aliphatic rings. The standard InChI is InChI=1S/C16H18ClNS/c1-11-3-4-12(2)16(9-11)19-15-6-5-14(17)10-13(15)7-8-18/h3-6,9-10H,7-8,18H2,1-2H3. The Kier molecular flexibility index (Phi) is 4.92. The van der Waals surface area contributed by atoms with E-state index in [0.717, 1.165) is 11.4 Å². The minimum atomic E-state index is 0.640. The molecule has 2 rings (SSSR count). The predicted octanol–water partition coefficient (Wildman–Crippen LogP) is 4.61. The van der Waals surface area contributed by atoms with Gasteiger partial charge in [0.25, 0.3) is 0 Å². The third-order valence-electron chi connectivity index (χ3n) is 3.00. The summed E-state index contributed by atoms with van der Waals surface area (Å²) in [4.78, 5) is 2.53. The molecule has 2 aromatic carbocycles. The highest BCUT2D eigenvalue weighted by atomic mass is 35.5. The van der Waals surface area contributed by atoms with Crippen LogP contribution in [0.1, 0.15) is 16.7 Å². The molecule has 0 saturated carbocycles. The molecule has 0 amide bonds. The second-order valence-corrected chi connectivity index (χ2v) is 6.18. The van der Waals surface area contributed by atoms with E-state index in [2.05, 4.69) is 38.1 Å². The van der Waals surface area contributed by atoms with Crippen LogP contribution in [-0.2, 0) is 6.42 Å². The van der Waals surface area contributed by atoms with Crippen LogP contribution in [0.3, 0.4) is 0 Å². The lowest BCUT2D eigenvalue weighted by Gasteiger charge is -2.11. The van der Waals surface area contributed by atoms with Crippen molar-refractivity contribution >= 4 is 23.4 Å². The van der Waals surface area contributed by atoms with Crippen molar-refractivity contribution in [1.82, 2.24) is 0 Å². The van der Waals surface area contributed by atoms with E-state index in [1.807, 2.05) is 12.1 Å². The van der Waals surface area contributed by atoms with Gasteiger partial charge in [0, 0.05) is 14.8 Å². The van der Waals surface area contributed by atoms with Gasteiger partial charge >= 0.3 is 0 Å². The van der Waals surface area contributed by atoms with E-state index in [4.69, 9.17) is 17.3 Å². The minimum Gasteiger partial charge on any atom is -0.330 e. The molecule has 0 radical (unpaired) electrons. The van der Waals surface area contributed by atoms with Crippen LogP contribution in [0.5, 0.6) is 0 Å². The summed E-state index contributed by atoms with van der Waals surface area (Å²) in [6.07, 6.45) is 0.855. The zero-order valence-corrected chi connectivity index (χ0v) is 12.8. The highest BCUT2D eigenvalue weighted by Crippen LogP contribution is 2.34. The maximum Gasteiger partial charge on any atom is 0.0409 e. The first kappa shape index (κ1) is 14.4. The van der Waals surface area contributed by atoms with E-state index in [0.29, 0.717) is 6.54 Å². The predicted molar refractivity (Wildman–Crippen MR) is 84.2 cm³/mol. The van der Waals surface area contributed by atoms with E-state index in [1.165, 1.54) is 26.5 Å². The second-order valence-electron chi connectivity index (χ2n) is 4.66. The van der Waals surface area contributed by atoms with E-state index < -0.39 is 0 Å². The van der Waals surface area contributed by atoms with Gasteiger partial charge in [0.05, 0.1) is 0 Å². The first-order valence-electron chi connectivity index (χ1n) is 6.34. The van der Waals surface area contributed by atoms with Gasteiger partial charge in [0.1, 0.15) is 0 Å². The molecule has 0 spiro atoms. The summed E-state index contributed by atoms with van der Waals surface area (Å²) in [5, 5.41) is 0.772. The van der Waals surface area contributed by atoms with E-state index in [1.54, 1.807) is 11.8 Å². The van der Waals surface area contributed by atoms with Crippen LogP contribution in [0.4, 0.5) is 0 Å². The van der Waals surface area contributed by atoms with E-state index >= 15 is 0 Å². The first-order chi connectivity index (χ1) is 9.10. The van der Waals surface area contributed by atoms with Crippen LogP contribution in [-0.4, -0.2) is 6.54 Å². The molecular formula is C16H18ClNS. The molecule has 3 heteroatoms. The Bertz CT molecular complexity index is 581. The lowest BCUT2D eigenvalue weighted by atomic mass is 10.1. The Morgan fingerprint density at radius 1 is 1.05 bits per heavy atom. The Morgan fingerprint density at radius 2 is 1.84 bits per heavy atom. The van der Waals surface area contributed by atoms with Crippen molar-refractivity contribution in [2.45, 2.75) is 30.1 Å². The smallest absolute Gasteiger partial charge is 0.0409 e. The molecule has 2 aromatic rings. The molecule has 0 heterocycles. The fourth-order valence-electron chi connectivity index (χ4n) is 1.93. The Labute approximate surface area is 124 Å². The highest BCUT2D eigenvalue weighted by Gasteiger charge is 2.07. The molecule has 0 aromatic heterocycles. The SMILES string of the molecule is Cc1ccc(C)c(Sc2ccc(Cl)cc2CCN)c1. The summed E-state index contributed by atoms with van der Waals surface area (Å²) in [6, 6.07) is 12.6. The maximum atomic E-state index is 6.06. The average molecular weight is 292 g/mol. The van der Waals surface area contributed by atoms with Gasteiger partial charge < -0.3 is 5.73 Å². The summed E-state index contributed by atoms with van der Waals surface area (Å²) < 4.78 is 0. The number of nitrogens with two attached hydrogens (primary N) is 1. The number of halogens is 1. The highest BCUT2D eigenvalue weighted by molar-refractivity contribution is 7.99. The second kappa shape index (κ2) is 6.47. The molecule has 0 aliphatic heterocycles. The summed E-state index contributed by atoms with van der Waals surface area (Å²) in [5.41, 5.74) is 9.47. The van der Waals surface area contributed by atoms with Crippen LogP contribution in [0.25, 0.3) is 0 Å². The van der Waals surface area contributed by atoms with Crippen molar-refractivity contribution in [3.63, 3.8) is 0 Å². The molecule has 0 aliphatic carbocycles. The molecule has 2 N–H and O–H groups in total. The molecule has 19 heavy (non-hydrogen) atoms. The van der Waals surface area contributed by atoms with Crippen molar-refractivity contribution in [2.75, 3.05) is 6.54 Å². The topological polar surface area (TPSA) is 26.0 Å². The Morgan fingerprint density at radius 3 is 2.58 bits per heavy atom. The zero-order chi connectivity index (χ0) is 13.8. The molecule has 100 valence electrons. The van der Waals surface area contributed by atoms with Gasteiger partial charge in [-0.3, -0.25) is 0 Å². The number of benzene rings is 2. The van der Waals surface area contributed by atoms with Crippen LogP contribution in [0.15, 0.2) is 46.2 Å². The van der Waals surface area contributed by atoms with E-state index in [9.17, 15) is 0 Å². The maximum absolute atomic E-state index is 6.06.